The third-order valence-electron chi connectivity index (χ3n) is 3.96. The summed E-state index contributed by atoms with van der Waals surface area (Å²) in [5.41, 5.74) is 2.70. The van der Waals surface area contributed by atoms with Gasteiger partial charge in [-0.1, -0.05) is 17.7 Å². The van der Waals surface area contributed by atoms with Gasteiger partial charge in [-0.2, -0.15) is 0 Å². The van der Waals surface area contributed by atoms with E-state index in [1.54, 1.807) is 4.90 Å². The number of rotatable bonds is 3. The van der Waals surface area contributed by atoms with Crippen molar-refractivity contribution in [3.8, 4) is 5.75 Å². The molecule has 1 aliphatic rings. The standard InChI is InChI=1S/C18H18ClFN2O2/c1-2-24-15-5-3-12-7-8-22(11-13(12)9-15)18(23)21-17-6-4-14(20)10-16(17)19/h3-6,9-10H,2,7-8,11H2,1H3,(H,21,23). The van der Waals surface area contributed by atoms with Gasteiger partial charge in [-0.25, -0.2) is 9.18 Å². The third-order valence-corrected chi connectivity index (χ3v) is 4.27. The fraction of sp³-hybridized carbons (Fsp3) is 0.278. The number of halogens is 2. The second kappa shape index (κ2) is 7.09. The van der Waals surface area contributed by atoms with Gasteiger partial charge < -0.3 is 15.0 Å². The first kappa shape index (κ1) is 16.6. The maximum Gasteiger partial charge on any atom is 0.322 e. The molecule has 0 fully saturated rings. The van der Waals surface area contributed by atoms with Crippen molar-refractivity contribution in [1.29, 1.82) is 0 Å². The summed E-state index contributed by atoms with van der Waals surface area (Å²) in [7, 11) is 0. The Labute approximate surface area is 145 Å². The van der Waals surface area contributed by atoms with Gasteiger partial charge in [-0.05, 0) is 54.8 Å². The lowest BCUT2D eigenvalue weighted by atomic mass is 10.00. The first-order valence-electron chi connectivity index (χ1n) is 7.82. The van der Waals surface area contributed by atoms with Crippen molar-refractivity contribution in [3.05, 3.63) is 58.4 Å². The second-order valence-electron chi connectivity index (χ2n) is 5.59. The van der Waals surface area contributed by atoms with E-state index in [1.807, 2.05) is 25.1 Å². The van der Waals surface area contributed by atoms with Gasteiger partial charge >= 0.3 is 6.03 Å². The zero-order valence-corrected chi connectivity index (χ0v) is 14.1. The molecule has 0 spiro atoms. The van der Waals surface area contributed by atoms with Crippen molar-refractivity contribution in [3.63, 3.8) is 0 Å². The van der Waals surface area contributed by atoms with E-state index in [9.17, 15) is 9.18 Å². The average molecular weight is 349 g/mol. The Bertz CT molecular complexity index is 767. The molecule has 1 aliphatic heterocycles. The molecular formula is C18H18ClFN2O2. The number of fused-ring (bicyclic) bond motifs is 1. The highest BCUT2D eigenvalue weighted by Crippen LogP contribution is 2.26. The molecule has 1 heterocycles. The van der Waals surface area contributed by atoms with Crippen LogP contribution >= 0.6 is 11.6 Å². The predicted molar refractivity (Wildman–Crippen MR) is 92.2 cm³/mol. The predicted octanol–water partition coefficient (Wildman–Crippen LogP) is 4.47. The highest BCUT2D eigenvalue weighted by molar-refractivity contribution is 6.33. The Morgan fingerprint density at radius 3 is 2.88 bits per heavy atom. The maximum atomic E-state index is 13.1. The summed E-state index contributed by atoms with van der Waals surface area (Å²) in [6, 6.07) is 9.63. The highest BCUT2D eigenvalue weighted by atomic mass is 35.5. The van der Waals surface area contributed by atoms with Gasteiger partial charge in [0.1, 0.15) is 11.6 Å². The van der Waals surface area contributed by atoms with Crippen LogP contribution in [0.25, 0.3) is 0 Å². The van der Waals surface area contributed by atoms with Gasteiger partial charge in [0, 0.05) is 13.1 Å². The summed E-state index contributed by atoms with van der Waals surface area (Å²) < 4.78 is 18.6. The highest BCUT2D eigenvalue weighted by Gasteiger charge is 2.21. The van der Waals surface area contributed by atoms with Crippen LogP contribution < -0.4 is 10.1 Å². The van der Waals surface area contributed by atoms with Crippen molar-refractivity contribution >= 4 is 23.3 Å². The minimum Gasteiger partial charge on any atom is -0.494 e. The quantitative estimate of drug-likeness (QED) is 0.889. The van der Waals surface area contributed by atoms with Gasteiger partial charge in [-0.15, -0.1) is 0 Å². The lowest BCUT2D eigenvalue weighted by Gasteiger charge is -2.29. The molecule has 2 amide bonds. The van der Waals surface area contributed by atoms with E-state index < -0.39 is 5.82 Å². The van der Waals surface area contributed by atoms with E-state index in [2.05, 4.69) is 5.32 Å². The van der Waals surface area contributed by atoms with Gasteiger partial charge in [0.2, 0.25) is 0 Å². The molecule has 0 aromatic heterocycles. The van der Waals surface area contributed by atoms with Crippen LogP contribution in [0.3, 0.4) is 0 Å². The molecule has 4 nitrogen and oxygen atoms in total. The van der Waals surface area contributed by atoms with Crippen LogP contribution in [0.15, 0.2) is 36.4 Å². The fourth-order valence-corrected chi connectivity index (χ4v) is 2.96. The molecule has 6 heteroatoms. The number of carbonyl (C=O) groups is 1. The van der Waals surface area contributed by atoms with Crippen molar-refractivity contribution in [1.82, 2.24) is 4.90 Å². The van der Waals surface area contributed by atoms with E-state index in [1.165, 1.54) is 23.8 Å². The molecule has 1 N–H and O–H groups in total. The molecule has 24 heavy (non-hydrogen) atoms. The van der Waals surface area contributed by atoms with E-state index in [-0.39, 0.29) is 11.1 Å². The molecule has 0 unspecified atom stereocenters. The average Bonchev–Trinajstić information content (AvgIpc) is 2.57. The van der Waals surface area contributed by atoms with E-state index in [0.717, 1.165) is 17.7 Å². The maximum absolute atomic E-state index is 13.1. The van der Waals surface area contributed by atoms with Crippen LogP contribution in [0, 0.1) is 5.82 Å². The van der Waals surface area contributed by atoms with Crippen LogP contribution in [0.4, 0.5) is 14.9 Å². The summed E-state index contributed by atoms with van der Waals surface area (Å²) in [6.07, 6.45) is 0.784. The van der Waals surface area contributed by atoms with Gasteiger partial charge in [-0.3, -0.25) is 0 Å². The molecule has 0 bridgehead atoms. The van der Waals surface area contributed by atoms with Crippen molar-refractivity contribution < 1.29 is 13.9 Å². The summed E-state index contributed by atoms with van der Waals surface area (Å²) in [5, 5.41) is 2.91. The normalized spacial score (nSPS) is 13.4. The van der Waals surface area contributed by atoms with Crippen LogP contribution in [0.5, 0.6) is 5.75 Å². The minimum atomic E-state index is -0.437. The minimum absolute atomic E-state index is 0.180. The van der Waals surface area contributed by atoms with Gasteiger partial charge in [0.25, 0.3) is 0 Å². The monoisotopic (exact) mass is 348 g/mol. The zero-order valence-electron chi connectivity index (χ0n) is 13.3. The van der Waals surface area contributed by atoms with Gasteiger partial charge in [0.15, 0.2) is 0 Å². The number of carbonyl (C=O) groups excluding carboxylic acids is 1. The Morgan fingerprint density at radius 1 is 1.29 bits per heavy atom. The number of amides is 2. The number of benzene rings is 2. The molecule has 0 atom stereocenters. The topological polar surface area (TPSA) is 41.6 Å². The number of ether oxygens (including phenoxy) is 1. The number of hydrogen-bond donors (Lipinski definition) is 1. The summed E-state index contributed by atoms with van der Waals surface area (Å²) >= 11 is 5.96. The molecule has 2 aromatic rings. The third kappa shape index (κ3) is 3.62. The number of nitrogens with zero attached hydrogens (tertiary/aromatic N) is 1. The molecule has 0 radical (unpaired) electrons. The molecule has 2 aromatic carbocycles. The zero-order chi connectivity index (χ0) is 17.1. The second-order valence-corrected chi connectivity index (χ2v) is 6.00. The molecule has 0 saturated carbocycles. The van der Waals surface area contributed by atoms with Crippen molar-refractivity contribution in [2.45, 2.75) is 19.9 Å². The van der Waals surface area contributed by atoms with Gasteiger partial charge in [0.05, 0.1) is 17.3 Å². The molecule has 126 valence electrons. The number of nitrogens with one attached hydrogen (secondary N) is 1. The SMILES string of the molecule is CCOc1ccc2c(c1)CN(C(=O)Nc1ccc(F)cc1Cl)CC2. The van der Waals surface area contributed by atoms with Crippen LogP contribution in [0.2, 0.25) is 5.02 Å². The largest absolute Gasteiger partial charge is 0.494 e. The van der Waals surface area contributed by atoms with Crippen LogP contribution in [-0.2, 0) is 13.0 Å². The number of hydrogen-bond acceptors (Lipinski definition) is 2. The first-order valence-corrected chi connectivity index (χ1v) is 8.20. The van der Waals surface area contributed by atoms with Crippen LogP contribution in [0.1, 0.15) is 18.1 Å². The molecular weight excluding hydrogens is 331 g/mol. The Morgan fingerprint density at radius 2 is 2.12 bits per heavy atom. The summed E-state index contributed by atoms with van der Waals surface area (Å²) in [6.45, 7) is 3.66. The van der Waals surface area contributed by atoms with E-state index in [0.29, 0.717) is 25.4 Å². The number of urea groups is 1. The lowest BCUT2D eigenvalue weighted by Crippen LogP contribution is -2.38. The molecule has 0 saturated heterocycles. The van der Waals surface area contributed by atoms with E-state index >= 15 is 0 Å². The summed E-state index contributed by atoms with van der Waals surface area (Å²) in [5.74, 6) is 0.369. The number of anilines is 1. The van der Waals surface area contributed by atoms with Crippen molar-refractivity contribution in [2.24, 2.45) is 0 Å². The fourth-order valence-electron chi connectivity index (χ4n) is 2.75. The Hall–Kier alpha value is -2.27. The molecule has 0 aliphatic carbocycles. The summed E-state index contributed by atoms with van der Waals surface area (Å²) in [4.78, 5) is 14.2. The van der Waals surface area contributed by atoms with E-state index in [4.69, 9.17) is 16.3 Å². The first-order chi connectivity index (χ1) is 11.6. The Kier molecular flexibility index (Phi) is 4.90. The smallest absolute Gasteiger partial charge is 0.322 e. The Balaban J connectivity index is 1.72. The lowest BCUT2D eigenvalue weighted by molar-refractivity contribution is 0.206. The molecule has 3 rings (SSSR count). The van der Waals surface area contributed by atoms with Crippen LogP contribution in [-0.4, -0.2) is 24.1 Å². The van der Waals surface area contributed by atoms with Crippen molar-refractivity contribution in [2.75, 3.05) is 18.5 Å².